The van der Waals surface area contributed by atoms with E-state index in [9.17, 15) is 9.50 Å². The lowest BCUT2D eigenvalue weighted by Crippen LogP contribution is -2.08. The molecule has 2 aromatic rings. The molecule has 0 saturated heterocycles. The van der Waals surface area contributed by atoms with E-state index in [-0.39, 0.29) is 0 Å². The molecule has 2 aromatic heterocycles. The Labute approximate surface area is 111 Å². The molecule has 19 heavy (non-hydrogen) atoms. The van der Waals surface area contributed by atoms with E-state index in [0.717, 1.165) is 18.3 Å². The van der Waals surface area contributed by atoms with Crippen LogP contribution in [-0.4, -0.2) is 19.9 Å². The number of halogens is 1. The summed E-state index contributed by atoms with van der Waals surface area (Å²) in [6, 6.07) is 5.02. The molecule has 2 heterocycles. The molecule has 2 atom stereocenters. The highest BCUT2D eigenvalue weighted by molar-refractivity contribution is 5.11. The van der Waals surface area contributed by atoms with Gasteiger partial charge in [-0.1, -0.05) is 6.92 Å². The second-order valence-electron chi connectivity index (χ2n) is 4.67. The highest BCUT2D eigenvalue weighted by Crippen LogP contribution is 2.17. The molecule has 0 aliphatic carbocycles. The van der Waals surface area contributed by atoms with Crippen LogP contribution in [-0.2, 0) is 6.42 Å². The first kappa shape index (κ1) is 13.7. The third kappa shape index (κ3) is 3.38. The molecule has 0 aromatic carbocycles. The van der Waals surface area contributed by atoms with E-state index >= 15 is 0 Å². The topological polar surface area (TPSA) is 50.9 Å². The van der Waals surface area contributed by atoms with Crippen LogP contribution >= 0.6 is 0 Å². The minimum atomic E-state index is -0.763. The molecule has 0 bridgehead atoms. The number of nitrogens with zero attached hydrogens (tertiary/aromatic N) is 3. The van der Waals surface area contributed by atoms with Crippen LogP contribution in [0.4, 0.5) is 4.39 Å². The Kier molecular flexibility index (Phi) is 4.27. The Bertz CT molecular complexity index is 524. The number of hydrogen-bond acceptors (Lipinski definition) is 3. The van der Waals surface area contributed by atoms with E-state index in [2.05, 4.69) is 23.9 Å². The summed E-state index contributed by atoms with van der Waals surface area (Å²) >= 11 is 0. The van der Waals surface area contributed by atoms with Gasteiger partial charge < -0.3 is 5.11 Å². The molecule has 0 saturated carbocycles. The van der Waals surface area contributed by atoms with Crippen LogP contribution < -0.4 is 0 Å². The average molecular weight is 263 g/mol. The minimum Gasteiger partial charge on any atom is -0.386 e. The first-order valence-electron chi connectivity index (χ1n) is 6.43. The van der Waals surface area contributed by atoms with E-state index in [0.29, 0.717) is 18.2 Å². The van der Waals surface area contributed by atoms with Crippen LogP contribution in [0.1, 0.15) is 43.8 Å². The molecular weight excluding hydrogens is 245 g/mol. The molecule has 2 unspecified atom stereocenters. The van der Waals surface area contributed by atoms with Gasteiger partial charge in [0.05, 0.1) is 17.6 Å². The van der Waals surface area contributed by atoms with Gasteiger partial charge in [0.1, 0.15) is 11.9 Å². The fourth-order valence-corrected chi connectivity index (χ4v) is 1.81. The van der Waals surface area contributed by atoms with E-state index in [1.165, 1.54) is 12.1 Å². The molecule has 0 amide bonds. The van der Waals surface area contributed by atoms with Crippen molar-refractivity contribution in [3.05, 3.63) is 47.8 Å². The van der Waals surface area contributed by atoms with Gasteiger partial charge >= 0.3 is 0 Å². The molecule has 0 aliphatic rings. The fraction of sp³-hybridized carbons (Fsp3) is 0.429. The molecule has 5 heteroatoms. The molecular formula is C14H18FN3O. The summed E-state index contributed by atoms with van der Waals surface area (Å²) in [5.74, 6) is -0.406. The first-order chi connectivity index (χ1) is 9.10. The van der Waals surface area contributed by atoms with Gasteiger partial charge in [-0.2, -0.15) is 5.10 Å². The van der Waals surface area contributed by atoms with Crippen LogP contribution in [0.25, 0.3) is 0 Å². The maximum Gasteiger partial charge on any atom is 0.141 e. The zero-order valence-corrected chi connectivity index (χ0v) is 11.1. The quantitative estimate of drug-likeness (QED) is 0.902. The summed E-state index contributed by atoms with van der Waals surface area (Å²) in [5, 5.41) is 14.5. The SMILES string of the molecule is CCC(C)n1ccc(CC(O)c2ccc(F)cn2)n1. The Morgan fingerprint density at radius 1 is 1.37 bits per heavy atom. The van der Waals surface area contributed by atoms with Crippen molar-refractivity contribution in [2.45, 2.75) is 38.8 Å². The van der Waals surface area contributed by atoms with Crippen molar-refractivity contribution in [1.82, 2.24) is 14.8 Å². The zero-order chi connectivity index (χ0) is 13.8. The maximum atomic E-state index is 12.7. The number of aliphatic hydroxyl groups is 1. The van der Waals surface area contributed by atoms with Crippen molar-refractivity contribution >= 4 is 0 Å². The van der Waals surface area contributed by atoms with E-state index in [4.69, 9.17) is 0 Å². The molecule has 0 aliphatic heterocycles. The van der Waals surface area contributed by atoms with Gasteiger partial charge in [0.25, 0.3) is 0 Å². The van der Waals surface area contributed by atoms with Gasteiger partial charge in [0, 0.05) is 18.7 Å². The van der Waals surface area contributed by atoms with Gasteiger partial charge in [-0.3, -0.25) is 9.67 Å². The van der Waals surface area contributed by atoms with Gasteiger partial charge in [-0.25, -0.2) is 4.39 Å². The Morgan fingerprint density at radius 3 is 2.79 bits per heavy atom. The summed E-state index contributed by atoms with van der Waals surface area (Å²) < 4.78 is 14.6. The smallest absolute Gasteiger partial charge is 0.141 e. The van der Waals surface area contributed by atoms with Crippen LogP contribution in [0, 0.1) is 5.82 Å². The van der Waals surface area contributed by atoms with Gasteiger partial charge in [0.2, 0.25) is 0 Å². The molecule has 102 valence electrons. The van der Waals surface area contributed by atoms with Crippen LogP contribution in [0.2, 0.25) is 0 Å². The molecule has 0 fully saturated rings. The van der Waals surface area contributed by atoms with E-state index < -0.39 is 11.9 Å². The summed E-state index contributed by atoms with van der Waals surface area (Å²) in [4.78, 5) is 3.87. The largest absolute Gasteiger partial charge is 0.386 e. The highest BCUT2D eigenvalue weighted by Gasteiger charge is 2.13. The third-order valence-corrected chi connectivity index (χ3v) is 3.20. The Balaban J connectivity index is 2.04. The molecule has 0 spiro atoms. The summed E-state index contributed by atoms with van der Waals surface area (Å²) in [6.07, 6.45) is 3.64. The predicted octanol–water partition coefficient (Wildman–Crippen LogP) is 2.66. The van der Waals surface area contributed by atoms with Crippen molar-refractivity contribution in [3.8, 4) is 0 Å². The number of rotatable bonds is 5. The number of aromatic nitrogens is 3. The van der Waals surface area contributed by atoms with Crippen LogP contribution in [0.15, 0.2) is 30.6 Å². The molecule has 0 radical (unpaired) electrons. The predicted molar refractivity (Wildman–Crippen MR) is 70.1 cm³/mol. The minimum absolute atomic E-state index is 0.342. The third-order valence-electron chi connectivity index (χ3n) is 3.20. The first-order valence-corrected chi connectivity index (χ1v) is 6.43. The fourth-order valence-electron chi connectivity index (χ4n) is 1.81. The van der Waals surface area contributed by atoms with Crippen molar-refractivity contribution in [1.29, 1.82) is 0 Å². The second-order valence-corrected chi connectivity index (χ2v) is 4.67. The summed E-state index contributed by atoms with van der Waals surface area (Å²) in [7, 11) is 0. The lowest BCUT2D eigenvalue weighted by atomic mass is 10.1. The summed E-state index contributed by atoms with van der Waals surface area (Å²) in [5.41, 5.74) is 1.26. The molecule has 2 rings (SSSR count). The van der Waals surface area contributed by atoms with Crippen molar-refractivity contribution < 1.29 is 9.50 Å². The second kappa shape index (κ2) is 5.93. The number of aliphatic hydroxyl groups excluding tert-OH is 1. The Morgan fingerprint density at radius 2 is 2.16 bits per heavy atom. The van der Waals surface area contributed by atoms with Gasteiger partial charge in [-0.15, -0.1) is 0 Å². The van der Waals surface area contributed by atoms with Gasteiger partial charge in [-0.05, 0) is 31.5 Å². The highest BCUT2D eigenvalue weighted by atomic mass is 19.1. The van der Waals surface area contributed by atoms with Crippen LogP contribution in [0.5, 0.6) is 0 Å². The van der Waals surface area contributed by atoms with Crippen molar-refractivity contribution in [2.24, 2.45) is 0 Å². The average Bonchev–Trinajstić information content (AvgIpc) is 2.87. The summed E-state index contributed by atoms with van der Waals surface area (Å²) in [6.45, 7) is 4.19. The monoisotopic (exact) mass is 263 g/mol. The number of pyridine rings is 1. The maximum absolute atomic E-state index is 12.7. The van der Waals surface area contributed by atoms with Gasteiger partial charge in [0.15, 0.2) is 0 Å². The normalized spacial score (nSPS) is 14.3. The van der Waals surface area contributed by atoms with Crippen molar-refractivity contribution in [2.75, 3.05) is 0 Å². The lowest BCUT2D eigenvalue weighted by molar-refractivity contribution is 0.172. The van der Waals surface area contributed by atoms with Crippen LogP contribution in [0.3, 0.4) is 0 Å². The molecule has 4 nitrogen and oxygen atoms in total. The molecule has 1 N–H and O–H groups in total. The number of hydrogen-bond donors (Lipinski definition) is 1. The Hall–Kier alpha value is -1.75. The van der Waals surface area contributed by atoms with E-state index in [1.807, 2.05) is 16.9 Å². The van der Waals surface area contributed by atoms with Crippen molar-refractivity contribution in [3.63, 3.8) is 0 Å². The van der Waals surface area contributed by atoms with E-state index in [1.54, 1.807) is 0 Å². The standard InChI is InChI=1S/C14H18FN3O/c1-3-10(2)18-7-6-12(17-18)8-14(19)13-5-4-11(15)9-16-13/h4-7,9-10,14,19H,3,8H2,1-2H3. The lowest BCUT2D eigenvalue weighted by Gasteiger charge is -2.10. The zero-order valence-electron chi connectivity index (χ0n) is 11.1.